The summed E-state index contributed by atoms with van der Waals surface area (Å²) in [6, 6.07) is 7.86. The van der Waals surface area contributed by atoms with Gasteiger partial charge in [-0.25, -0.2) is 0 Å². The Morgan fingerprint density at radius 1 is 1.20 bits per heavy atom. The van der Waals surface area contributed by atoms with Gasteiger partial charge in [0.05, 0.1) is 32.1 Å². The van der Waals surface area contributed by atoms with Crippen LogP contribution in [-0.4, -0.2) is 42.7 Å². The van der Waals surface area contributed by atoms with Crippen molar-refractivity contribution in [3.8, 4) is 22.6 Å². The zero-order valence-electron chi connectivity index (χ0n) is 17.3. The van der Waals surface area contributed by atoms with E-state index in [1.807, 2.05) is 54.9 Å². The third-order valence-corrected chi connectivity index (χ3v) is 5.05. The molecule has 3 atom stereocenters. The van der Waals surface area contributed by atoms with Crippen LogP contribution in [0.4, 0.5) is 0 Å². The van der Waals surface area contributed by atoms with Gasteiger partial charge < -0.3 is 20.0 Å². The number of hydrazone groups is 1. The molecule has 0 spiro atoms. The van der Waals surface area contributed by atoms with Gasteiger partial charge in [0, 0.05) is 18.3 Å². The van der Waals surface area contributed by atoms with Crippen molar-refractivity contribution in [2.24, 2.45) is 5.10 Å². The van der Waals surface area contributed by atoms with Crippen LogP contribution in [0.2, 0.25) is 0 Å². The van der Waals surface area contributed by atoms with Crippen molar-refractivity contribution in [2.45, 2.75) is 24.5 Å². The normalized spacial score (nSPS) is 18.8. The Kier molecular flexibility index (Phi) is 7.03. The third-order valence-electron chi connectivity index (χ3n) is 5.05. The molecular formula is C24H27N3O3. The van der Waals surface area contributed by atoms with Crippen molar-refractivity contribution in [1.29, 1.82) is 0 Å². The molecule has 0 fully saturated rings. The second-order valence-corrected chi connectivity index (χ2v) is 6.90. The number of aliphatic hydroxyl groups excluding tert-OH is 1. The molecule has 3 rings (SSSR count). The number of nitrogens with one attached hydrogen (secondary N) is 1. The van der Waals surface area contributed by atoms with Crippen LogP contribution < -0.4 is 14.9 Å². The number of aromatic nitrogens is 1. The Morgan fingerprint density at radius 2 is 2.00 bits per heavy atom. The lowest BCUT2D eigenvalue weighted by molar-refractivity contribution is 0.227. The van der Waals surface area contributed by atoms with Gasteiger partial charge in [-0.05, 0) is 47.4 Å². The standard InChI is InChI=1S/C24H27N3O3/c1-5-18(28)9-7-8-17-13-19(16-10-11-23(29-3)24(12-16)30-4)20(14-25-17)21-15-26-27-22(21)6-2/h5-8,10-15,18,21-22,27-28H,1-2,9H2,3-4H3/b8-7+. The predicted molar refractivity (Wildman–Crippen MR) is 121 cm³/mol. The first-order valence-electron chi connectivity index (χ1n) is 9.72. The van der Waals surface area contributed by atoms with E-state index in [-0.39, 0.29) is 12.0 Å². The molecule has 0 saturated heterocycles. The molecule has 0 radical (unpaired) electrons. The second-order valence-electron chi connectivity index (χ2n) is 6.90. The maximum atomic E-state index is 9.67. The number of hydrogen-bond acceptors (Lipinski definition) is 6. The highest BCUT2D eigenvalue weighted by molar-refractivity contribution is 5.80. The molecule has 30 heavy (non-hydrogen) atoms. The van der Waals surface area contributed by atoms with E-state index in [4.69, 9.17) is 9.47 Å². The lowest BCUT2D eigenvalue weighted by Gasteiger charge is -2.19. The van der Waals surface area contributed by atoms with Crippen LogP contribution in [0.3, 0.4) is 0 Å². The zero-order chi connectivity index (χ0) is 21.5. The van der Waals surface area contributed by atoms with Crippen molar-refractivity contribution < 1.29 is 14.6 Å². The fourth-order valence-corrected chi connectivity index (χ4v) is 3.37. The van der Waals surface area contributed by atoms with Gasteiger partial charge in [-0.1, -0.05) is 24.3 Å². The van der Waals surface area contributed by atoms with Gasteiger partial charge in [0.25, 0.3) is 0 Å². The van der Waals surface area contributed by atoms with E-state index in [0.717, 1.165) is 22.4 Å². The number of hydrogen-bond donors (Lipinski definition) is 2. The van der Waals surface area contributed by atoms with Crippen molar-refractivity contribution in [1.82, 2.24) is 10.4 Å². The lowest BCUT2D eigenvalue weighted by atomic mass is 9.88. The molecule has 1 aromatic heterocycles. The van der Waals surface area contributed by atoms with Crippen LogP contribution in [0.5, 0.6) is 11.5 Å². The van der Waals surface area contributed by atoms with E-state index >= 15 is 0 Å². The van der Waals surface area contributed by atoms with Crippen LogP contribution in [0.1, 0.15) is 23.6 Å². The fourth-order valence-electron chi connectivity index (χ4n) is 3.37. The molecular weight excluding hydrogens is 378 g/mol. The summed E-state index contributed by atoms with van der Waals surface area (Å²) in [5.41, 5.74) is 6.89. The monoisotopic (exact) mass is 405 g/mol. The summed E-state index contributed by atoms with van der Waals surface area (Å²) < 4.78 is 10.9. The summed E-state index contributed by atoms with van der Waals surface area (Å²) in [5.74, 6) is 1.34. The molecule has 0 bridgehead atoms. The first-order valence-corrected chi connectivity index (χ1v) is 9.72. The van der Waals surface area contributed by atoms with Crippen LogP contribution in [0.15, 0.2) is 66.9 Å². The highest BCUT2D eigenvalue weighted by atomic mass is 16.5. The van der Waals surface area contributed by atoms with Crippen molar-refractivity contribution in [2.75, 3.05) is 14.2 Å². The SMILES string of the molecule is C=CC(O)C/C=C/c1cc(-c2ccc(OC)c(OC)c2)c(C2C=NNC2C=C)cn1. The maximum Gasteiger partial charge on any atom is 0.161 e. The topological polar surface area (TPSA) is 76.0 Å². The minimum absolute atomic E-state index is 0.00479. The quantitative estimate of drug-likeness (QED) is 0.618. The summed E-state index contributed by atoms with van der Waals surface area (Å²) in [6.07, 6.45) is 10.8. The molecule has 0 aliphatic carbocycles. The van der Waals surface area contributed by atoms with Gasteiger partial charge in [-0.15, -0.1) is 13.2 Å². The predicted octanol–water partition coefficient (Wildman–Crippen LogP) is 3.94. The number of methoxy groups -OCH3 is 2. The average Bonchev–Trinajstić information content (AvgIpc) is 3.27. The molecule has 6 heteroatoms. The van der Waals surface area contributed by atoms with Gasteiger partial charge in [0.15, 0.2) is 11.5 Å². The van der Waals surface area contributed by atoms with Crippen LogP contribution in [-0.2, 0) is 0 Å². The van der Waals surface area contributed by atoms with E-state index < -0.39 is 6.10 Å². The second kappa shape index (κ2) is 9.89. The van der Waals surface area contributed by atoms with E-state index in [2.05, 4.69) is 28.7 Å². The van der Waals surface area contributed by atoms with E-state index in [1.54, 1.807) is 14.2 Å². The van der Waals surface area contributed by atoms with E-state index in [9.17, 15) is 5.11 Å². The van der Waals surface area contributed by atoms with Crippen LogP contribution in [0.25, 0.3) is 17.2 Å². The first kappa shape index (κ1) is 21.3. The number of pyridine rings is 1. The fraction of sp³-hybridized carbons (Fsp3) is 0.250. The molecule has 1 aliphatic heterocycles. The van der Waals surface area contributed by atoms with E-state index in [1.165, 1.54) is 6.08 Å². The average molecular weight is 405 g/mol. The van der Waals surface area contributed by atoms with Crippen LogP contribution >= 0.6 is 0 Å². The number of ether oxygens (including phenoxy) is 2. The molecule has 2 aromatic rings. The highest BCUT2D eigenvalue weighted by Crippen LogP contribution is 2.37. The summed E-state index contributed by atoms with van der Waals surface area (Å²) in [4.78, 5) is 4.60. The Bertz CT molecular complexity index is 968. The molecule has 2 N–H and O–H groups in total. The summed E-state index contributed by atoms with van der Waals surface area (Å²) >= 11 is 0. The minimum atomic E-state index is -0.569. The third kappa shape index (κ3) is 4.60. The molecule has 2 heterocycles. The smallest absolute Gasteiger partial charge is 0.161 e. The number of nitrogens with zero attached hydrogens (tertiary/aromatic N) is 2. The van der Waals surface area contributed by atoms with Crippen molar-refractivity contribution in [3.63, 3.8) is 0 Å². The highest BCUT2D eigenvalue weighted by Gasteiger charge is 2.26. The number of benzene rings is 1. The van der Waals surface area contributed by atoms with Crippen molar-refractivity contribution in [3.05, 3.63) is 73.1 Å². The molecule has 1 aliphatic rings. The van der Waals surface area contributed by atoms with Gasteiger partial charge in [-0.2, -0.15) is 5.10 Å². The summed E-state index contributed by atoms with van der Waals surface area (Å²) in [5, 5.41) is 13.9. The molecule has 0 amide bonds. The lowest BCUT2D eigenvalue weighted by Crippen LogP contribution is -2.23. The molecule has 6 nitrogen and oxygen atoms in total. The van der Waals surface area contributed by atoms with Crippen LogP contribution in [0, 0.1) is 0 Å². The Labute approximate surface area is 177 Å². The Morgan fingerprint density at radius 3 is 2.70 bits per heavy atom. The molecule has 156 valence electrons. The minimum Gasteiger partial charge on any atom is -0.493 e. The van der Waals surface area contributed by atoms with Gasteiger partial charge in [0.1, 0.15) is 0 Å². The zero-order valence-corrected chi connectivity index (χ0v) is 17.3. The van der Waals surface area contributed by atoms with Gasteiger partial charge in [-0.3, -0.25) is 4.98 Å². The van der Waals surface area contributed by atoms with Gasteiger partial charge >= 0.3 is 0 Å². The Hall–Kier alpha value is -3.38. The molecule has 3 unspecified atom stereocenters. The van der Waals surface area contributed by atoms with E-state index in [0.29, 0.717) is 17.9 Å². The summed E-state index contributed by atoms with van der Waals surface area (Å²) in [6.45, 7) is 7.50. The molecule has 0 saturated carbocycles. The van der Waals surface area contributed by atoms with Gasteiger partial charge in [0.2, 0.25) is 0 Å². The largest absolute Gasteiger partial charge is 0.493 e. The summed E-state index contributed by atoms with van der Waals surface area (Å²) in [7, 11) is 3.24. The molecule has 1 aromatic carbocycles. The number of rotatable bonds is 9. The number of aliphatic hydroxyl groups is 1. The van der Waals surface area contributed by atoms with Crippen molar-refractivity contribution >= 4 is 12.3 Å². The Balaban J connectivity index is 2.06. The first-order chi connectivity index (χ1) is 14.6. The maximum absolute atomic E-state index is 9.67.